The highest BCUT2D eigenvalue weighted by Crippen LogP contribution is 2.15. The Hall–Kier alpha value is -1.51. The summed E-state index contributed by atoms with van der Waals surface area (Å²) in [6, 6.07) is 8.19. The maximum absolute atomic E-state index is 7.89. The molecule has 0 spiro atoms. The highest BCUT2D eigenvalue weighted by atomic mass is 16.5. The van der Waals surface area contributed by atoms with Crippen LogP contribution in [0.15, 0.2) is 24.3 Å². The monoisotopic (exact) mass is 232 g/mol. The lowest BCUT2D eigenvalue weighted by atomic mass is 10.1. The van der Waals surface area contributed by atoms with Gasteiger partial charge in [0.2, 0.25) is 0 Å². The molecule has 0 atom stereocenters. The summed E-state index contributed by atoms with van der Waals surface area (Å²) in [4.78, 5) is 2.20. The zero-order valence-electron chi connectivity index (χ0n) is 10.4. The Labute approximate surface area is 103 Å². The largest absolute Gasteiger partial charge is 0.497 e. The van der Waals surface area contributed by atoms with Crippen molar-refractivity contribution in [3.63, 3.8) is 0 Å². The molecular weight excluding hydrogens is 212 g/mol. The quantitative estimate of drug-likeness (QED) is 0.866. The molecule has 17 heavy (non-hydrogen) atoms. The summed E-state index contributed by atoms with van der Waals surface area (Å²) in [6.07, 6.45) is 4.33. The van der Waals surface area contributed by atoms with Crippen molar-refractivity contribution in [2.75, 3.05) is 20.2 Å². The van der Waals surface area contributed by atoms with Crippen LogP contribution in [0.5, 0.6) is 5.75 Å². The normalized spacial score (nSPS) is 16.1. The maximum Gasteiger partial charge on any atom is 0.119 e. The third-order valence-corrected chi connectivity index (χ3v) is 3.28. The van der Waals surface area contributed by atoms with E-state index in [0.29, 0.717) is 0 Å². The van der Waals surface area contributed by atoms with Crippen molar-refractivity contribution >= 4 is 5.84 Å². The van der Waals surface area contributed by atoms with Gasteiger partial charge in [-0.15, -0.1) is 0 Å². The third kappa shape index (κ3) is 3.22. The average Bonchev–Trinajstić information content (AvgIpc) is 2.38. The van der Waals surface area contributed by atoms with Crippen molar-refractivity contribution in [3.05, 3.63) is 29.8 Å². The van der Waals surface area contributed by atoms with E-state index in [1.165, 1.54) is 18.4 Å². The van der Waals surface area contributed by atoms with E-state index in [4.69, 9.17) is 10.1 Å². The smallest absolute Gasteiger partial charge is 0.119 e. The molecule has 1 N–H and O–H groups in total. The van der Waals surface area contributed by atoms with Gasteiger partial charge in [-0.1, -0.05) is 12.1 Å². The molecule has 3 nitrogen and oxygen atoms in total. The van der Waals surface area contributed by atoms with Crippen molar-refractivity contribution < 1.29 is 4.74 Å². The van der Waals surface area contributed by atoms with Gasteiger partial charge in [0.25, 0.3) is 0 Å². The van der Waals surface area contributed by atoms with E-state index in [-0.39, 0.29) is 0 Å². The van der Waals surface area contributed by atoms with E-state index in [9.17, 15) is 0 Å². The molecule has 0 amide bonds. The third-order valence-electron chi connectivity index (χ3n) is 3.28. The molecule has 1 fully saturated rings. The second-order valence-corrected chi connectivity index (χ2v) is 4.49. The fourth-order valence-electron chi connectivity index (χ4n) is 2.23. The number of methoxy groups -OCH3 is 1. The molecule has 0 radical (unpaired) electrons. The number of benzene rings is 1. The van der Waals surface area contributed by atoms with Gasteiger partial charge in [-0.25, -0.2) is 0 Å². The van der Waals surface area contributed by atoms with Crippen LogP contribution >= 0.6 is 0 Å². The summed E-state index contributed by atoms with van der Waals surface area (Å²) in [5.41, 5.74) is 1.28. The van der Waals surface area contributed by atoms with Crippen LogP contribution in [0.4, 0.5) is 0 Å². The molecule has 0 saturated carbocycles. The number of rotatable bonds is 4. The maximum atomic E-state index is 7.89. The van der Waals surface area contributed by atoms with Crippen LogP contribution in [0.3, 0.4) is 0 Å². The fraction of sp³-hybridized carbons (Fsp3) is 0.500. The zero-order chi connectivity index (χ0) is 12.1. The minimum atomic E-state index is 0.805. The summed E-state index contributed by atoms with van der Waals surface area (Å²) < 4.78 is 5.21. The number of nitrogens with one attached hydrogen (secondary N) is 1. The molecule has 1 aromatic carbocycles. The van der Waals surface area contributed by atoms with Crippen LogP contribution in [0, 0.1) is 5.41 Å². The predicted molar refractivity (Wildman–Crippen MR) is 69.8 cm³/mol. The second-order valence-electron chi connectivity index (χ2n) is 4.49. The van der Waals surface area contributed by atoms with E-state index in [2.05, 4.69) is 17.0 Å². The molecule has 0 aromatic heterocycles. The van der Waals surface area contributed by atoms with Gasteiger partial charge in [-0.3, -0.25) is 5.41 Å². The summed E-state index contributed by atoms with van der Waals surface area (Å²) in [6.45, 7) is 1.99. The first kappa shape index (κ1) is 12.0. The minimum absolute atomic E-state index is 0.805. The van der Waals surface area contributed by atoms with Crippen LogP contribution in [0.1, 0.15) is 24.8 Å². The van der Waals surface area contributed by atoms with Gasteiger partial charge in [0.05, 0.1) is 12.9 Å². The summed E-state index contributed by atoms with van der Waals surface area (Å²) >= 11 is 0. The van der Waals surface area contributed by atoms with Crippen molar-refractivity contribution in [3.8, 4) is 5.75 Å². The summed E-state index contributed by atoms with van der Waals surface area (Å²) in [7, 11) is 1.69. The highest BCUT2D eigenvalue weighted by molar-refractivity contribution is 5.79. The van der Waals surface area contributed by atoms with Gasteiger partial charge in [-0.2, -0.15) is 0 Å². The standard InChI is InChI=1S/C14H20N2O/c1-17-13-6-4-5-12(11-13)8-10-16-9-3-2-7-14(16)15/h4-6,11,15H,2-3,7-10H2,1H3. The number of ether oxygens (including phenoxy) is 1. The molecule has 92 valence electrons. The van der Waals surface area contributed by atoms with Gasteiger partial charge >= 0.3 is 0 Å². The van der Waals surface area contributed by atoms with Crippen LogP contribution in [-0.4, -0.2) is 30.9 Å². The molecular formula is C14H20N2O. The molecule has 1 aromatic rings. The Kier molecular flexibility index (Phi) is 4.02. The molecule has 3 heteroatoms. The van der Waals surface area contributed by atoms with E-state index < -0.39 is 0 Å². The first-order chi connectivity index (χ1) is 8.29. The highest BCUT2D eigenvalue weighted by Gasteiger charge is 2.14. The second kappa shape index (κ2) is 5.71. The van der Waals surface area contributed by atoms with Crippen LogP contribution in [0.25, 0.3) is 0 Å². The number of nitrogens with zero attached hydrogens (tertiary/aromatic N) is 1. The van der Waals surface area contributed by atoms with Crippen molar-refractivity contribution in [1.82, 2.24) is 4.90 Å². The van der Waals surface area contributed by atoms with Crippen molar-refractivity contribution in [2.24, 2.45) is 0 Å². The summed E-state index contributed by atoms with van der Waals surface area (Å²) in [5.74, 6) is 1.72. The SMILES string of the molecule is COc1cccc(CCN2CCCCC2=N)c1. The van der Waals surface area contributed by atoms with E-state index in [1.807, 2.05) is 12.1 Å². The topological polar surface area (TPSA) is 36.3 Å². The van der Waals surface area contributed by atoms with Crippen LogP contribution in [-0.2, 0) is 6.42 Å². The molecule has 1 saturated heterocycles. The number of likely N-dealkylation sites (tertiary alicyclic amines) is 1. The predicted octanol–water partition coefficient (Wildman–Crippen LogP) is 2.70. The molecule has 0 unspecified atom stereocenters. The number of amidine groups is 1. The van der Waals surface area contributed by atoms with Gasteiger partial charge in [0, 0.05) is 19.5 Å². The van der Waals surface area contributed by atoms with Gasteiger partial charge in [0.1, 0.15) is 5.75 Å². The fourth-order valence-corrected chi connectivity index (χ4v) is 2.23. The lowest BCUT2D eigenvalue weighted by Crippen LogP contribution is -2.36. The van der Waals surface area contributed by atoms with Gasteiger partial charge in [-0.05, 0) is 37.0 Å². The number of piperidine rings is 1. The van der Waals surface area contributed by atoms with Crippen molar-refractivity contribution in [1.29, 1.82) is 5.41 Å². The Morgan fingerprint density at radius 2 is 2.24 bits per heavy atom. The molecule has 1 aliphatic heterocycles. The van der Waals surface area contributed by atoms with E-state index >= 15 is 0 Å². The Balaban J connectivity index is 1.90. The van der Waals surface area contributed by atoms with Gasteiger partial charge in [0.15, 0.2) is 0 Å². The molecule has 2 rings (SSSR count). The Morgan fingerprint density at radius 1 is 1.35 bits per heavy atom. The first-order valence-electron chi connectivity index (χ1n) is 6.25. The van der Waals surface area contributed by atoms with Gasteiger partial charge < -0.3 is 9.64 Å². The molecule has 1 aliphatic rings. The lowest BCUT2D eigenvalue weighted by Gasteiger charge is -2.29. The average molecular weight is 232 g/mol. The first-order valence-corrected chi connectivity index (χ1v) is 6.25. The number of hydrogen-bond donors (Lipinski definition) is 1. The molecule has 0 aliphatic carbocycles. The van der Waals surface area contributed by atoms with E-state index in [1.54, 1.807) is 7.11 Å². The van der Waals surface area contributed by atoms with Crippen LogP contribution < -0.4 is 4.74 Å². The van der Waals surface area contributed by atoms with Crippen LogP contribution in [0.2, 0.25) is 0 Å². The minimum Gasteiger partial charge on any atom is -0.497 e. The summed E-state index contributed by atoms with van der Waals surface area (Å²) in [5, 5.41) is 7.89. The van der Waals surface area contributed by atoms with E-state index in [0.717, 1.165) is 37.5 Å². The zero-order valence-corrected chi connectivity index (χ0v) is 10.4. The molecule has 0 bridgehead atoms. The Bertz CT molecular complexity index is 390. The lowest BCUT2D eigenvalue weighted by molar-refractivity contribution is 0.370. The Morgan fingerprint density at radius 3 is 3.00 bits per heavy atom. The van der Waals surface area contributed by atoms with Crippen molar-refractivity contribution in [2.45, 2.75) is 25.7 Å². The number of hydrogen-bond acceptors (Lipinski definition) is 2. The molecule has 1 heterocycles.